The fourth-order valence-electron chi connectivity index (χ4n) is 3.26. The summed E-state index contributed by atoms with van der Waals surface area (Å²) in [5, 5.41) is 3.72. The van der Waals surface area contributed by atoms with Crippen LogP contribution in [0.4, 0.5) is 5.82 Å². The summed E-state index contributed by atoms with van der Waals surface area (Å²) in [5.74, 6) is 1.69. The van der Waals surface area contributed by atoms with Crippen molar-refractivity contribution >= 4 is 11.5 Å². The van der Waals surface area contributed by atoms with Crippen LogP contribution in [0.1, 0.15) is 32.6 Å². The number of nitrogens with one attached hydrogen (secondary N) is 1. The van der Waals surface area contributed by atoms with Gasteiger partial charge in [-0.1, -0.05) is 25.8 Å². The number of hydrogen-bond donors (Lipinski definition) is 2. The van der Waals surface area contributed by atoms with Gasteiger partial charge < -0.3 is 11.1 Å². The van der Waals surface area contributed by atoms with E-state index in [9.17, 15) is 0 Å². The lowest BCUT2D eigenvalue weighted by Gasteiger charge is -2.43. The molecular formula is C15H22N4. The molecule has 0 amide bonds. The summed E-state index contributed by atoms with van der Waals surface area (Å²) in [7, 11) is 0. The summed E-state index contributed by atoms with van der Waals surface area (Å²) in [4.78, 5) is 4.33. The molecule has 0 aliphatic heterocycles. The molecule has 0 bridgehead atoms. The fraction of sp³-hybridized carbons (Fsp3) is 0.533. The Balaban J connectivity index is 1.96. The second kappa shape index (κ2) is 4.85. The molecule has 2 unspecified atom stereocenters. The van der Waals surface area contributed by atoms with Gasteiger partial charge in [0.25, 0.3) is 0 Å². The van der Waals surface area contributed by atoms with E-state index in [2.05, 4.69) is 27.7 Å². The van der Waals surface area contributed by atoms with Gasteiger partial charge in [-0.25, -0.2) is 4.98 Å². The van der Waals surface area contributed by atoms with Crippen LogP contribution < -0.4 is 11.1 Å². The highest BCUT2D eigenvalue weighted by molar-refractivity contribution is 5.51. The van der Waals surface area contributed by atoms with Crippen molar-refractivity contribution in [1.82, 2.24) is 9.38 Å². The molecule has 1 fully saturated rings. The second-order valence-corrected chi connectivity index (χ2v) is 5.70. The molecule has 1 saturated carbocycles. The molecule has 0 saturated heterocycles. The molecule has 3 rings (SSSR count). The van der Waals surface area contributed by atoms with E-state index in [4.69, 9.17) is 5.73 Å². The minimum Gasteiger partial charge on any atom is -0.364 e. The maximum absolute atomic E-state index is 6.11. The van der Waals surface area contributed by atoms with Crippen LogP contribution >= 0.6 is 0 Å². The Hall–Kier alpha value is -1.55. The number of fused-ring (bicyclic) bond motifs is 1. The van der Waals surface area contributed by atoms with Crippen molar-refractivity contribution in [1.29, 1.82) is 0 Å². The summed E-state index contributed by atoms with van der Waals surface area (Å²) in [6, 6.07) is 6.17. The summed E-state index contributed by atoms with van der Waals surface area (Å²) in [6.07, 6.45) is 8.81. The molecular weight excluding hydrogens is 236 g/mol. The van der Waals surface area contributed by atoms with E-state index in [0.29, 0.717) is 12.5 Å². The molecule has 2 aromatic heterocycles. The molecule has 3 N–H and O–H groups in total. The number of imidazole rings is 1. The van der Waals surface area contributed by atoms with Crippen LogP contribution in [0.2, 0.25) is 0 Å². The van der Waals surface area contributed by atoms with Crippen molar-refractivity contribution in [3.8, 4) is 0 Å². The zero-order valence-corrected chi connectivity index (χ0v) is 11.5. The van der Waals surface area contributed by atoms with Crippen molar-refractivity contribution in [2.75, 3.05) is 11.9 Å². The highest BCUT2D eigenvalue weighted by atomic mass is 15.1. The molecule has 2 aromatic rings. The largest absolute Gasteiger partial charge is 0.364 e. The summed E-state index contributed by atoms with van der Waals surface area (Å²) >= 11 is 0. The average molecular weight is 258 g/mol. The Morgan fingerprint density at radius 2 is 2.37 bits per heavy atom. The Kier molecular flexibility index (Phi) is 3.19. The zero-order chi connectivity index (χ0) is 13.3. The van der Waals surface area contributed by atoms with Crippen molar-refractivity contribution in [3.63, 3.8) is 0 Å². The first-order valence-corrected chi connectivity index (χ1v) is 7.15. The lowest BCUT2D eigenvalue weighted by atomic mass is 9.73. The van der Waals surface area contributed by atoms with Crippen LogP contribution in [0.3, 0.4) is 0 Å². The van der Waals surface area contributed by atoms with Gasteiger partial charge >= 0.3 is 0 Å². The maximum Gasteiger partial charge on any atom is 0.138 e. The van der Waals surface area contributed by atoms with Gasteiger partial charge in [0.05, 0.1) is 5.54 Å². The average Bonchev–Trinajstić information content (AvgIpc) is 2.91. The number of nitrogens with zero attached hydrogens (tertiary/aromatic N) is 2. The van der Waals surface area contributed by atoms with Crippen molar-refractivity contribution < 1.29 is 0 Å². The second-order valence-electron chi connectivity index (χ2n) is 5.70. The molecule has 102 valence electrons. The lowest BCUT2D eigenvalue weighted by molar-refractivity contribution is 0.235. The maximum atomic E-state index is 6.11. The molecule has 1 aliphatic carbocycles. The van der Waals surface area contributed by atoms with Crippen LogP contribution in [-0.4, -0.2) is 21.5 Å². The molecule has 0 aromatic carbocycles. The van der Waals surface area contributed by atoms with Crippen LogP contribution in [0.25, 0.3) is 5.65 Å². The van der Waals surface area contributed by atoms with Crippen molar-refractivity contribution in [2.45, 2.75) is 38.1 Å². The van der Waals surface area contributed by atoms with Crippen molar-refractivity contribution in [2.24, 2.45) is 11.7 Å². The van der Waals surface area contributed by atoms with E-state index in [1.807, 2.05) is 24.5 Å². The summed E-state index contributed by atoms with van der Waals surface area (Å²) in [6.45, 7) is 2.99. The van der Waals surface area contributed by atoms with Gasteiger partial charge in [0.2, 0.25) is 0 Å². The summed E-state index contributed by atoms with van der Waals surface area (Å²) in [5.41, 5.74) is 7.11. The van der Waals surface area contributed by atoms with Crippen molar-refractivity contribution in [3.05, 3.63) is 30.6 Å². The first-order valence-electron chi connectivity index (χ1n) is 7.15. The van der Waals surface area contributed by atoms with E-state index >= 15 is 0 Å². The molecule has 4 heteroatoms. The molecule has 19 heavy (non-hydrogen) atoms. The molecule has 1 aliphatic rings. The van der Waals surface area contributed by atoms with Gasteiger partial charge in [-0.05, 0) is 30.9 Å². The third-order valence-corrected chi connectivity index (χ3v) is 4.62. The Bertz CT molecular complexity index is 562. The Morgan fingerprint density at radius 3 is 3.16 bits per heavy atom. The predicted octanol–water partition coefficient (Wildman–Crippen LogP) is 2.65. The number of pyridine rings is 1. The first-order chi connectivity index (χ1) is 9.25. The minimum absolute atomic E-state index is 0.0246. The molecule has 2 heterocycles. The number of anilines is 1. The standard InChI is InChI=1S/C15H22N4/c1-12-5-2-3-8-15(12,11-16)18-14-7-4-6-13-17-9-10-19(13)14/h4,6-7,9-10,12,18H,2-3,5,8,11,16H2,1H3. The smallest absolute Gasteiger partial charge is 0.138 e. The van der Waals surface area contributed by atoms with Crippen LogP contribution in [0.5, 0.6) is 0 Å². The number of hydrogen-bond acceptors (Lipinski definition) is 3. The van der Waals surface area contributed by atoms with Gasteiger partial charge in [-0.15, -0.1) is 0 Å². The monoisotopic (exact) mass is 258 g/mol. The van der Waals surface area contributed by atoms with Gasteiger partial charge in [-0.2, -0.15) is 0 Å². The van der Waals surface area contributed by atoms with E-state index in [0.717, 1.165) is 17.9 Å². The lowest BCUT2D eigenvalue weighted by Crippen LogP contribution is -2.52. The van der Waals surface area contributed by atoms with E-state index in [1.54, 1.807) is 0 Å². The molecule has 2 atom stereocenters. The Labute approximate surface area is 114 Å². The predicted molar refractivity (Wildman–Crippen MR) is 78.2 cm³/mol. The number of nitrogens with two attached hydrogens (primary N) is 1. The first kappa shape index (κ1) is 12.5. The Morgan fingerprint density at radius 1 is 1.47 bits per heavy atom. The SMILES string of the molecule is CC1CCCCC1(CN)Nc1cccc2nccn12. The minimum atomic E-state index is 0.0246. The van der Waals surface area contributed by atoms with Crippen LogP contribution in [0, 0.1) is 5.92 Å². The third kappa shape index (κ3) is 2.10. The van der Waals surface area contributed by atoms with Gasteiger partial charge in [0.1, 0.15) is 11.5 Å². The highest BCUT2D eigenvalue weighted by Gasteiger charge is 2.37. The van der Waals surface area contributed by atoms with E-state index < -0.39 is 0 Å². The quantitative estimate of drug-likeness (QED) is 0.890. The topological polar surface area (TPSA) is 55.3 Å². The van der Waals surface area contributed by atoms with E-state index in [-0.39, 0.29) is 5.54 Å². The third-order valence-electron chi connectivity index (χ3n) is 4.62. The molecule has 0 spiro atoms. The highest BCUT2D eigenvalue weighted by Crippen LogP contribution is 2.35. The van der Waals surface area contributed by atoms with Crippen LogP contribution in [-0.2, 0) is 0 Å². The normalized spacial score (nSPS) is 27.6. The van der Waals surface area contributed by atoms with E-state index in [1.165, 1.54) is 19.3 Å². The van der Waals surface area contributed by atoms with Gasteiger partial charge in [0, 0.05) is 18.9 Å². The van der Waals surface area contributed by atoms with Gasteiger partial charge in [-0.3, -0.25) is 4.40 Å². The fourth-order valence-corrected chi connectivity index (χ4v) is 3.26. The number of rotatable bonds is 3. The van der Waals surface area contributed by atoms with Crippen LogP contribution in [0.15, 0.2) is 30.6 Å². The number of aromatic nitrogens is 2. The summed E-state index contributed by atoms with van der Waals surface area (Å²) < 4.78 is 2.10. The molecule has 0 radical (unpaired) electrons. The zero-order valence-electron chi connectivity index (χ0n) is 11.5. The van der Waals surface area contributed by atoms with Gasteiger partial charge in [0.15, 0.2) is 0 Å². The molecule has 4 nitrogen and oxygen atoms in total.